The molecule has 1 aliphatic rings. The monoisotopic (exact) mass is 291 g/mol. The van der Waals surface area contributed by atoms with Gasteiger partial charge in [0.05, 0.1) is 9.50 Å². The number of halogens is 3. The topological polar surface area (TPSA) is 26.0 Å². The maximum atomic E-state index is 13.6. The number of nitrogens with two attached hydrogens (primary N) is 1. The van der Waals surface area contributed by atoms with E-state index in [0.717, 1.165) is 18.4 Å². The maximum Gasteiger partial charge on any atom is 0.156 e. The van der Waals surface area contributed by atoms with E-state index in [9.17, 15) is 4.39 Å². The molecule has 1 saturated carbocycles. The second kappa shape index (κ2) is 3.72. The molecule has 1 aromatic carbocycles. The van der Waals surface area contributed by atoms with Crippen molar-refractivity contribution in [3.8, 4) is 0 Å². The Morgan fingerprint density at radius 3 is 2.60 bits per heavy atom. The molecule has 15 heavy (non-hydrogen) atoms. The second-order valence-electron chi connectivity index (χ2n) is 4.17. The largest absolute Gasteiger partial charge is 0.327 e. The predicted molar refractivity (Wildman–Crippen MR) is 63.7 cm³/mol. The molecule has 0 aliphatic heterocycles. The molecule has 0 bridgehead atoms. The molecule has 4 heteroatoms. The normalized spacial score (nSPS) is 20.1. The van der Waals surface area contributed by atoms with E-state index in [-0.39, 0.29) is 22.3 Å². The van der Waals surface area contributed by atoms with Crippen molar-refractivity contribution < 1.29 is 4.39 Å². The van der Waals surface area contributed by atoms with Crippen LogP contribution in [0.25, 0.3) is 0 Å². The molecule has 0 saturated heterocycles. The molecule has 1 unspecified atom stereocenters. The average Bonchev–Trinajstić information content (AvgIpc) is 2.95. The van der Waals surface area contributed by atoms with Gasteiger partial charge in [-0.25, -0.2) is 4.39 Å². The van der Waals surface area contributed by atoms with Crippen molar-refractivity contribution in [2.75, 3.05) is 0 Å². The van der Waals surface area contributed by atoms with Gasteiger partial charge < -0.3 is 5.73 Å². The minimum absolute atomic E-state index is 0.0365. The van der Waals surface area contributed by atoms with Crippen molar-refractivity contribution in [2.24, 2.45) is 5.73 Å². The molecule has 0 heterocycles. The molecule has 2 rings (SSSR count). The third-order valence-electron chi connectivity index (χ3n) is 3.23. The van der Waals surface area contributed by atoms with Gasteiger partial charge in [-0.05, 0) is 47.3 Å². The number of hydrogen-bond acceptors (Lipinski definition) is 1. The van der Waals surface area contributed by atoms with Crippen LogP contribution >= 0.6 is 27.5 Å². The smallest absolute Gasteiger partial charge is 0.156 e. The molecule has 1 fully saturated rings. The molecule has 1 aromatic rings. The van der Waals surface area contributed by atoms with Crippen LogP contribution in [0.1, 0.15) is 25.3 Å². The molecular formula is C11H12BrClFN. The molecule has 0 radical (unpaired) electrons. The third kappa shape index (κ3) is 1.71. The van der Waals surface area contributed by atoms with Crippen molar-refractivity contribution in [3.05, 3.63) is 33.0 Å². The van der Waals surface area contributed by atoms with E-state index in [4.69, 9.17) is 17.3 Å². The number of hydrogen-bond donors (Lipinski definition) is 1. The summed E-state index contributed by atoms with van der Waals surface area (Å²) in [5.74, 6) is -0.388. The Morgan fingerprint density at radius 2 is 2.13 bits per heavy atom. The van der Waals surface area contributed by atoms with E-state index in [2.05, 4.69) is 15.9 Å². The Hall–Kier alpha value is -0.120. The van der Waals surface area contributed by atoms with Gasteiger partial charge >= 0.3 is 0 Å². The van der Waals surface area contributed by atoms with E-state index < -0.39 is 0 Å². The lowest BCUT2D eigenvalue weighted by molar-refractivity contribution is 0.544. The van der Waals surface area contributed by atoms with Gasteiger partial charge in [-0.2, -0.15) is 0 Å². The van der Waals surface area contributed by atoms with E-state index in [1.807, 2.05) is 13.0 Å². The van der Waals surface area contributed by atoms with Gasteiger partial charge in [0.15, 0.2) is 5.82 Å². The van der Waals surface area contributed by atoms with Crippen molar-refractivity contribution >= 4 is 27.5 Å². The van der Waals surface area contributed by atoms with Gasteiger partial charge in [-0.1, -0.05) is 17.7 Å². The second-order valence-corrected chi connectivity index (χ2v) is 5.37. The summed E-state index contributed by atoms with van der Waals surface area (Å²) >= 11 is 8.96. The van der Waals surface area contributed by atoms with Gasteiger partial charge in [0.25, 0.3) is 0 Å². The van der Waals surface area contributed by atoms with E-state index in [1.54, 1.807) is 6.07 Å². The van der Waals surface area contributed by atoms with Crippen molar-refractivity contribution in [2.45, 2.75) is 31.2 Å². The van der Waals surface area contributed by atoms with Crippen LogP contribution in [0.3, 0.4) is 0 Å². The average molecular weight is 293 g/mol. The van der Waals surface area contributed by atoms with Gasteiger partial charge in [0.1, 0.15) is 0 Å². The Balaban J connectivity index is 2.51. The van der Waals surface area contributed by atoms with E-state index >= 15 is 0 Å². The fourth-order valence-corrected chi connectivity index (χ4v) is 3.03. The zero-order chi connectivity index (χ0) is 11.2. The van der Waals surface area contributed by atoms with Crippen molar-refractivity contribution in [3.63, 3.8) is 0 Å². The highest BCUT2D eigenvalue weighted by Crippen LogP contribution is 2.53. The van der Waals surface area contributed by atoms with E-state index in [1.165, 1.54) is 0 Å². The summed E-state index contributed by atoms with van der Waals surface area (Å²) in [5.41, 5.74) is 6.84. The first kappa shape index (κ1) is 11.4. The Morgan fingerprint density at radius 1 is 1.53 bits per heavy atom. The van der Waals surface area contributed by atoms with Crippen LogP contribution < -0.4 is 5.73 Å². The quantitative estimate of drug-likeness (QED) is 0.828. The lowest BCUT2D eigenvalue weighted by atomic mass is 9.89. The summed E-state index contributed by atoms with van der Waals surface area (Å²) < 4.78 is 14.1. The predicted octanol–water partition coefficient (Wildman–Crippen LogP) is 3.62. The minimum Gasteiger partial charge on any atom is -0.327 e. The first-order chi connectivity index (χ1) is 6.99. The van der Waals surface area contributed by atoms with Gasteiger partial charge in [-0.3, -0.25) is 0 Å². The van der Waals surface area contributed by atoms with Gasteiger partial charge in [0.2, 0.25) is 0 Å². The molecule has 0 spiro atoms. The lowest BCUT2D eigenvalue weighted by Gasteiger charge is -2.21. The molecule has 1 aliphatic carbocycles. The minimum atomic E-state index is -0.388. The number of rotatable bonds is 2. The van der Waals surface area contributed by atoms with Crippen LogP contribution in [0.5, 0.6) is 0 Å². The third-order valence-corrected chi connectivity index (χ3v) is 4.30. The maximum absolute atomic E-state index is 13.6. The standard InChI is InChI=1S/C11H12BrClFN/c1-6(15)11(4-5-11)7-2-3-8(13)10(14)9(7)12/h2-3,6H,4-5,15H2,1H3. The fraction of sp³-hybridized carbons (Fsp3) is 0.455. The molecule has 1 atom stereocenters. The van der Waals surface area contributed by atoms with E-state index in [0.29, 0.717) is 4.47 Å². The van der Waals surface area contributed by atoms with Crippen molar-refractivity contribution in [1.82, 2.24) is 0 Å². The Kier molecular flexibility index (Phi) is 2.82. The molecule has 0 aromatic heterocycles. The summed E-state index contributed by atoms with van der Waals surface area (Å²) in [6, 6.07) is 3.50. The molecule has 2 N–H and O–H groups in total. The van der Waals surface area contributed by atoms with Gasteiger partial charge in [0, 0.05) is 11.5 Å². The van der Waals surface area contributed by atoms with Crippen LogP contribution in [0.15, 0.2) is 16.6 Å². The highest BCUT2D eigenvalue weighted by Gasteiger charge is 2.48. The molecule has 82 valence electrons. The summed E-state index contributed by atoms with van der Waals surface area (Å²) in [6.07, 6.45) is 2.04. The molecule has 1 nitrogen and oxygen atoms in total. The summed E-state index contributed by atoms with van der Waals surface area (Å²) in [5, 5.41) is 0.145. The lowest BCUT2D eigenvalue weighted by Crippen LogP contribution is -2.32. The first-order valence-electron chi connectivity index (χ1n) is 4.88. The molecule has 0 amide bonds. The van der Waals surface area contributed by atoms with Crippen LogP contribution in [-0.4, -0.2) is 6.04 Å². The highest BCUT2D eigenvalue weighted by atomic mass is 79.9. The molecular weight excluding hydrogens is 280 g/mol. The Labute approximate surface area is 102 Å². The van der Waals surface area contributed by atoms with Gasteiger partial charge in [-0.15, -0.1) is 0 Å². The van der Waals surface area contributed by atoms with Crippen LogP contribution in [0.4, 0.5) is 4.39 Å². The first-order valence-corrected chi connectivity index (χ1v) is 6.06. The zero-order valence-electron chi connectivity index (χ0n) is 8.36. The SMILES string of the molecule is CC(N)C1(c2ccc(Cl)c(F)c2Br)CC1. The Bertz CT molecular complexity index is 402. The summed E-state index contributed by atoms with van der Waals surface area (Å²) in [6.45, 7) is 1.96. The summed E-state index contributed by atoms with van der Waals surface area (Å²) in [4.78, 5) is 0. The summed E-state index contributed by atoms with van der Waals surface area (Å²) in [7, 11) is 0. The van der Waals surface area contributed by atoms with Crippen LogP contribution in [-0.2, 0) is 5.41 Å². The van der Waals surface area contributed by atoms with Crippen LogP contribution in [0.2, 0.25) is 5.02 Å². The highest BCUT2D eigenvalue weighted by molar-refractivity contribution is 9.10. The zero-order valence-corrected chi connectivity index (χ0v) is 10.7. The van der Waals surface area contributed by atoms with Crippen LogP contribution in [0, 0.1) is 5.82 Å². The number of benzene rings is 1. The van der Waals surface area contributed by atoms with Crippen molar-refractivity contribution in [1.29, 1.82) is 0 Å². The fourth-order valence-electron chi connectivity index (χ4n) is 2.02.